The summed E-state index contributed by atoms with van der Waals surface area (Å²) in [5.74, 6) is -0.873. The third-order valence-corrected chi connectivity index (χ3v) is 2.56. The fourth-order valence-electron chi connectivity index (χ4n) is 1.86. The molecule has 0 saturated carbocycles. The molecule has 1 aliphatic heterocycles. The Hall–Kier alpha value is -0.650. The van der Waals surface area contributed by atoms with E-state index in [0.29, 0.717) is 19.3 Å². The largest absolute Gasteiger partial charge is 0.469 e. The molecule has 5 nitrogen and oxygen atoms in total. The first-order valence-corrected chi connectivity index (χ1v) is 5.52. The van der Waals surface area contributed by atoms with Crippen molar-refractivity contribution >= 4 is 5.97 Å². The fourth-order valence-corrected chi connectivity index (χ4v) is 1.86. The summed E-state index contributed by atoms with van der Waals surface area (Å²) in [6, 6.07) is 0. The highest BCUT2D eigenvalue weighted by Gasteiger charge is 2.40. The van der Waals surface area contributed by atoms with E-state index in [-0.39, 0.29) is 24.8 Å². The Morgan fingerprint density at radius 2 is 2.00 bits per heavy atom. The summed E-state index contributed by atoms with van der Waals surface area (Å²) in [6.45, 7) is 3.57. The summed E-state index contributed by atoms with van der Waals surface area (Å²) in [7, 11) is 1.37. The lowest BCUT2D eigenvalue weighted by molar-refractivity contribution is -0.149. The van der Waals surface area contributed by atoms with E-state index in [1.54, 1.807) is 0 Å². The van der Waals surface area contributed by atoms with Crippen LogP contribution in [0.25, 0.3) is 0 Å². The van der Waals surface area contributed by atoms with Gasteiger partial charge < -0.3 is 19.3 Å². The number of hydrogen-bond donors (Lipinski definition) is 1. The molecule has 94 valence electrons. The monoisotopic (exact) mass is 232 g/mol. The number of hydrogen-bond acceptors (Lipinski definition) is 5. The molecule has 1 saturated heterocycles. The number of rotatable bonds is 5. The number of carbonyl (C=O) groups is 1. The topological polar surface area (TPSA) is 65.0 Å². The molecular formula is C11H20O5. The maximum Gasteiger partial charge on any atom is 0.305 e. The van der Waals surface area contributed by atoms with Gasteiger partial charge in [0.2, 0.25) is 0 Å². The lowest BCUT2D eigenvalue weighted by Crippen LogP contribution is -2.26. The molecule has 1 heterocycles. The molecule has 1 aliphatic rings. The van der Waals surface area contributed by atoms with Crippen LogP contribution < -0.4 is 0 Å². The Morgan fingerprint density at radius 3 is 2.56 bits per heavy atom. The van der Waals surface area contributed by atoms with E-state index in [1.807, 2.05) is 13.8 Å². The molecule has 0 unspecified atom stereocenters. The second-order valence-corrected chi connectivity index (χ2v) is 4.36. The van der Waals surface area contributed by atoms with E-state index in [0.717, 1.165) is 0 Å². The highest BCUT2D eigenvalue weighted by molar-refractivity contribution is 5.68. The third-order valence-electron chi connectivity index (χ3n) is 2.56. The molecule has 16 heavy (non-hydrogen) atoms. The lowest BCUT2D eigenvalue weighted by Gasteiger charge is -2.16. The molecule has 0 aromatic heterocycles. The molecule has 0 aromatic carbocycles. The highest BCUT2D eigenvalue weighted by atomic mass is 16.8. The Bertz CT molecular complexity index is 239. The van der Waals surface area contributed by atoms with Crippen LogP contribution in [0.2, 0.25) is 0 Å². The number of carbonyl (C=O) groups excluding carboxylic acids is 1. The van der Waals surface area contributed by atoms with Crippen LogP contribution in [0, 0.1) is 0 Å². The van der Waals surface area contributed by atoms with E-state index in [9.17, 15) is 4.79 Å². The van der Waals surface area contributed by atoms with Crippen LogP contribution in [0.5, 0.6) is 0 Å². The third kappa shape index (κ3) is 3.73. The van der Waals surface area contributed by atoms with Gasteiger partial charge in [0.15, 0.2) is 5.79 Å². The first-order valence-electron chi connectivity index (χ1n) is 5.52. The van der Waals surface area contributed by atoms with Gasteiger partial charge >= 0.3 is 5.97 Å². The molecule has 0 aromatic rings. The summed E-state index contributed by atoms with van der Waals surface area (Å²) in [5.41, 5.74) is 0. The molecule has 0 aliphatic carbocycles. The molecule has 2 atom stereocenters. The number of aliphatic hydroxyl groups excluding tert-OH is 1. The quantitative estimate of drug-likeness (QED) is 0.712. The zero-order chi connectivity index (χ0) is 12.2. The van der Waals surface area contributed by atoms with Crippen molar-refractivity contribution in [3.05, 3.63) is 0 Å². The van der Waals surface area contributed by atoms with E-state index >= 15 is 0 Å². The Balaban J connectivity index is 2.33. The highest BCUT2D eigenvalue weighted by Crippen LogP contribution is 2.30. The predicted octanol–water partition coefficient (Wildman–Crippen LogP) is 0.842. The lowest BCUT2D eigenvalue weighted by atomic mass is 10.1. The molecule has 1 rings (SSSR count). The minimum Gasteiger partial charge on any atom is -0.469 e. The van der Waals surface area contributed by atoms with Crippen LogP contribution >= 0.6 is 0 Å². The van der Waals surface area contributed by atoms with Gasteiger partial charge in [-0.1, -0.05) is 0 Å². The van der Waals surface area contributed by atoms with Gasteiger partial charge in [-0.25, -0.2) is 0 Å². The van der Waals surface area contributed by atoms with Gasteiger partial charge in [-0.3, -0.25) is 4.79 Å². The van der Waals surface area contributed by atoms with E-state index in [1.165, 1.54) is 7.11 Å². The predicted molar refractivity (Wildman–Crippen MR) is 56.8 cm³/mol. The number of ether oxygens (including phenoxy) is 3. The molecule has 1 fully saturated rings. The van der Waals surface area contributed by atoms with Crippen molar-refractivity contribution in [3.63, 3.8) is 0 Å². The van der Waals surface area contributed by atoms with Crippen molar-refractivity contribution < 1.29 is 24.1 Å². The van der Waals surface area contributed by atoms with Crippen LogP contribution in [-0.2, 0) is 19.0 Å². The Kier molecular flexibility index (Phi) is 4.70. The SMILES string of the molecule is COC(=O)CCC[C@@H]1OC(C)(C)O[C@H]1CO. The van der Waals surface area contributed by atoms with Crippen molar-refractivity contribution in [2.24, 2.45) is 0 Å². The number of esters is 1. The second-order valence-electron chi connectivity index (χ2n) is 4.36. The van der Waals surface area contributed by atoms with Gasteiger partial charge in [0.1, 0.15) is 6.10 Å². The minimum atomic E-state index is -0.649. The number of aliphatic hydroxyl groups is 1. The van der Waals surface area contributed by atoms with Gasteiger partial charge in [-0.05, 0) is 26.7 Å². The average Bonchev–Trinajstić information content (AvgIpc) is 2.53. The summed E-state index contributed by atoms with van der Waals surface area (Å²) in [6.07, 6.45) is 1.28. The van der Waals surface area contributed by atoms with Gasteiger partial charge in [-0.15, -0.1) is 0 Å². The van der Waals surface area contributed by atoms with Crippen LogP contribution in [0.1, 0.15) is 33.1 Å². The Labute approximate surface area is 95.7 Å². The minimum absolute atomic E-state index is 0.0632. The van der Waals surface area contributed by atoms with E-state index < -0.39 is 5.79 Å². The maximum atomic E-state index is 10.9. The summed E-state index contributed by atoms with van der Waals surface area (Å²) < 4.78 is 15.7. The first-order chi connectivity index (χ1) is 7.48. The van der Waals surface area contributed by atoms with Crippen LogP contribution in [0.15, 0.2) is 0 Å². The van der Waals surface area contributed by atoms with E-state index in [2.05, 4.69) is 4.74 Å². The van der Waals surface area contributed by atoms with Gasteiger partial charge in [0.05, 0.1) is 19.8 Å². The molecule has 0 spiro atoms. The normalized spacial score (nSPS) is 28.0. The number of methoxy groups -OCH3 is 1. The second kappa shape index (κ2) is 5.61. The van der Waals surface area contributed by atoms with Crippen molar-refractivity contribution in [2.45, 2.75) is 51.1 Å². The van der Waals surface area contributed by atoms with Crippen LogP contribution in [0.3, 0.4) is 0 Å². The van der Waals surface area contributed by atoms with Crippen molar-refractivity contribution in [1.29, 1.82) is 0 Å². The van der Waals surface area contributed by atoms with Crippen molar-refractivity contribution in [1.82, 2.24) is 0 Å². The van der Waals surface area contributed by atoms with Crippen molar-refractivity contribution in [2.75, 3.05) is 13.7 Å². The zero-order valence-electron chi connectivity index (χ0n) is 10.1. The molecule has 0 bridgehead atoms. The van der Waals surface area contributed by atoms with Crippen LogP contribution in [0.4, 0.5) is 0 Å². The standard InChI is InChI=1S/C11H20O5/c1-11(2)15-8(9(7-12)16-11)5-4-6-10(13)14-3/h8-9,12H,4-7H2,1-3H3/t8-,9-/m0/s1. The summed E-state index contributed by atoms with van der Waals surface area (Å²) in [5, 5.41) is 9.13. The maximum absolute atomic E-state index is 10.9. The van der Waals surface area contributed by atoms with Gasteiger partial charge in [0.25, 0.3) is 0 Å². The van der Waals surface area contributed by atoms with Crippen molar-refractivity contribution in [3.8, 4) is 0 Å². The molecule has 0 amide bonds. The Morgan fingerprint density at radius 1 is 1.38 bits per heavy atom. The average molecular weight is 232 g/mol. The van der Waals surface area contributed by atoms with Gasteiger partial charge in [0, 0.05) is 6.42 Å². The first kappa shape index (κ1) is 13.4. The molecule has 1 N–H and O–H groups in total. The molecular weight excluding hydrogens is 212 g/mol. The van der Waals surface area contributed by atoms with Crippen LogP contribution in [-0.4, -0.2) is 42.8 Å². The summed E-state index contributed by atoms with van der Waals surface area (Å²) >= 11 is 0. The van der Waals surface area contributed by atoms with Gasteiger partial charge in [-0.2, -0.15) is 0 Å². The van der Waals surface area contributed by atoms with E-state index in [4.69, 9.17) is 14.6 Å². The smallest absolute Gasteiger partial charge is 0.305 e. The molecule has 5 heteroatoms. The zero-order valence-corrected chi connectivity index (χ0v) is 10.1. The fraction of sp³-hybridized carbons (Fsp3) is 0.909. The molecule has 0 radical (unpaired) electrons. The summed E-state index contributed by atoms with van der Waals surface area (Å²) in [4.78, 5) is 10.9.